The van der Waals surface area contributed by atoms with Crippen molar-refractivity contribution in [2.75, 3.05) is 0 Å². The maximum Gasteiger partial charge on any atom is 0.255 e. The lowest BCUT2D eigenvalue weighted by molar-refractivity contribution is 0.0949. The van der Waals surface area contributed by atoms with Gasteiger partial charge in [-0.05, 0) is 31.0 Å². The highest BCUT2D eigenvalue weighted by atomic mass is 35.5. The number of nitrogens with one attached hydrogen (secondary N) is 1. The van der Waals surface area contributed by atoms with E-state index in [0.29, 0.717) is 23.7 Å². The van der Waals surface area contributed by atoms with Crippen molar-refractivity contribution in [2.45, 2.75) is 26.3 Å². The molecule has 0 bridgehead atoms. The van der Waals surface area contributed by atoms with Gasteiger partial charge in [0.2, 0.25) is 0 Å². The highest BCUT2D eigenvalue weighted by molar-refractivity contribution is 6.17. The minimum absolute atomic E-state index is 0.120. The zero-order chi connectivity index (χ0) is 13.8. The topological polar surface area (TPSA) is 42.2 Å². The van der Waals surface area contributed by atoms with Gasteiger partial charge in [-0.3, -0.25) is 4.79 Å². The summed E-state index contributed by atoms with van der Waals surface area (Å²) in [6.45, 7) is 4.09. The number of carbonyl (C=O) groups excluding carboxylic acids is 1. The molecule has 4 heteroatoms. The fourth-order valence-corrected chi connectivity index (χ4v) is 2.12. The van der Waals surface area contributed by atoms with E-state index in [1.807, 2.05) is 31.2 Å². The molecule has 0 aliphatic heterocycles. The van der Waals surface area contributed by atoms with Gasteiger partial charge in [0.25, 0.3) is 5.91 Å². The predicted octanol–water partition coefficient (Wildman–Crippen LogP) is 3.57. The van der Waals surface area contributed by atoms with Gasteiger partial charge in [-0.1, -0.05) is 24.3 Å². The first kappa shape index (κ1) is 13.7. The van der Waals surface area contributed by atoms with E-state index in [4.69, 9.17) is 16.0 Å². The Morgan fingerprint density at radius 2 is 2.00 bits per heavy atom. The van der Waals surface area contributed by atoms with Crippen LogP contribution in [0.2, 0.25) is 0 Å². The average Bonchev–Trinajstić information content (AvgIpc) is 2.75. The maximum atomic E-state index is 12.0. The lowest BCUT2D eigenvalue weighted by Crippen LogP contribution is -2.23. The Balaban J connectivity index is 2.02. The fraction of sp³-hybridized carbons (Fsp3) is 0.267. The van der Waals surface area contributed by atoms with Crippen LogP contribution in [-0.4, -0.2) is 5.91 Å². The van der Waals surface area contributed by atoms with Gasteiger partial charge in [-0.2, -0.15) is 0 Å². The molecular formula is C15H16ClNO2. The van der Waals surface area contributed by atoms with Crippen LogP contribution in [-0.2, 0) is 12.4 Å². The molecule has 1 aromatic heterocycles. The third-order valence-electron chi connectivity index (χ3n) is 2.88. The summed E-state index contributed by atoms with van der Waals surface area (Å²) in [7, 11) is 0. The smallest absolute Gasteiger partial charge is 0.255 e. The van der Waals surface area contributed by atoms with Crippen molar-refractivity contribution in [3.8, 4) is 0 Å². The standard InChI is InChI=1S/C15H16ClNO2/c1-10-6-14(11(2)19-10)15(18)17-9-13-5-3-4-12(7-13)8-16/h3-7H,8-9H2,1-2H3,(H,17,18). The first-order valence-electron chi connectivity index (χ1n) is 6.09. The van der Waals surface area contributed by atoms with Crippen molar-refractivity contribution in [1.82, 2.24) is 5.32 Å². The van der Waals surface area contributed by atoms with Crippen LogP contribution >= 0.6 is 11.6 Å². The molecule has 3 nitrogen and oxygen atoms in total. The highest BCUT2D eigenvalue weighted by Crippen LogP contribution is 2.14. The van der Waals surface area contributed by atoms with Crippen LogP contribution in [0.15, 0.2) is 34.7 Å². The molecule has 0 atom stereocenters. The van der Waals surface area contributed by atoms with Crippen LogP contribution in [0.25, 0.3) is 0 Å². The molecule has 0 aliphatic carbocycles. The van der Waals surface area contributed by atoms with Gasteiger partial charge < -0.3 is 9.73 Å². The van der Waals surface area contributed by atoms with E-state index in [0.717, 1.165) is 16.9 Å². The molecule has 19 heavy (non-hydrogen) atoms. The van der Waals surface area contributed by atoms with Gasteiger partial charge in [0.05, 0.1) is 5.56 Å². The van der Waals surface area contributed by atoms with Crippen molar-refractivity contribution >= 4 is 17.5 Å². The molecule has 0 radical (unpaired) electrons. The van der Waals surface area contributed by atoms with Gasteiger partial charge in [0.15, 0.2) is 0 Å². The molecule has 2 aromatic rings. The molecule has 0 saturated carbocycles. The lowest BCUT2D eigenvalue weighted by atomic mass is 10.1. The highest BCUT2D eigenvalue weighted by Gasteiger charge is 2.12. The summed E-state index contributed by atoms with van der Waals surface area (Å²) in [5.41, 5.74) is 2.67. The van der Waals surface area contributed by atoms with Crippen molar-refractivity contribution < 1.29 is 9.21 Å². The summed E-state index contributed by atoms with van der Waals surface area (Å²) in [4.78, 5) is 12.0. The van der Waals surface area contributed by atoms with E-state index in [9.17, 15) is 4.79 Å². The monoisotopic (exact) mass is 277 g/mol. The van der Waals surface area contributed by atoms with Gasteiger partial charge in [-0.15, -0.1) is 11.6 Å². The summed E-state index contributed by atoms with van der Waals surface area (Å²) >= 11 is 5.78. The number of amides is 1. The number of hydrogen-bond donors (Lipinski definition) is 1. The van der Waals surface area contributed by atoms with E-state index in [-0.39, 0.29) is 5.91 Å². The number of alkyl halides is 1. The largest absolute Gasteiger partial charge is 0.466 e. The second-order valence-electron chi connectivity index (χ2n) is 4.46. The van der Waals surface area contributed by atoms with E-state index >= 15 is 0 Å². The Hall–Kier alpha value is -1.74. The van der Waals surface area contributed by atoms with Crippen LogP contribution in [0.3, 0.4) is 0 Å². The van der Waals surface area contributed by atoms with Crippen LogP contribution in [0.4, 0.5) is 0 Å². The zero-order valence-electron chi connectivity index (χ0n) is 11.0. The normalized spacial score (nSPS) is 10.5. The lowest BCUT2D eigenvalue weighted by Gasteiger charge is -2.05. The number of benzene rings is 1. The molecule has 1 heterocycles. The minimum atomic E-state index is -0.120. The van der Waals surface area contributed by atoms with Crippen LogP contribution in [0.1, 0.15) is 33.0 Å². The molecule has 100 valence electrons. The first-order valence-corrected chi connectivity index (χ1v) is 6.62. The van der Waals surface area contributed by atoms with Gasteiger partial charge in [0.1, 0.15) is 11.5 Å². The zero-order valence-corrected chi connectivity index (χ0v) is 11.8. The summed E-state index contributed by atoms with van der Waals surface area (Å²) < 4.78 is 5.35. The molecule has 1 aromatic carbocycles. The van der Waals surface area contributed by atoms with E-state index in [1.165, 1.54) is 0 Å². The minimum Gasteiger partial charge on any atom is -0.466 e. The Labute approximate surface area is 117 Å². The van der Waals surface area contributed by atoms with Gasteiger partial charge in [0, 0.05) is 12.4 Å². The van der Waals surface area contributed by atoms with Crippen LogP contribution in [0, 0.1) is 13.8 Å². The molecule has 0 fully saturated rings. The molecular weight excluding hydrogens is 262 g/mol. The molecule has 0 aliphatic rings. The molecule has 0 unspecified atom stereocenters. The third-order valence-corrected chi connectivity index (χ3v) is 3.19. The van der Waals surface area contributed by atoms with Crippen LogP contribution < -0.4 is 5.32 Å². The fourth-order valence-electron chi connectivity index (χ4n) is 1.96. The summed E-state index contributed by atoms with van der Waals surface area (Å²) in [5, 5.41) is 2.88. The second-order valence-corrected chi connectivity index (χ2v) is 4.73. The number of furan rings is 1. The van der Waals surface area contributed by atoms with E-state index in [1.54, 1.807) is 13.0 Å². The van der Waals surface area contributed by atoms with Crippen molar-refractivity contribution in [2.24, 2.45) is 0 Å². The van der Waals surface area contributed by atoms with Gasteiger partial charge >= 0.3 is 0 Å². The first-order chi connectivity index (χ1) is 9.10. The van der Waals surface area contributed by atoms with Gasteiger partial charge in [-0.25, -0.2) is 0 Å². The molecule has 0 spiro atoms. The maximum absolute atomic E-state index is 12.0. The number of aryl methyl sites for hydroxylation is 2. The SMILES string of the molecule is Cc1cc(C(=O)NCc2cccc(CCl)c2)c(C)o1. The Kier molecular flexibility index (Phi) is 4.27. The van der Waals surface area contributed by atoms with E-state index in [2.05, 4.69) is 5.32 Å². The number of halogens is 1. The molecule has 1 amide bonds. The number of rotatable bonds is 4. The van der Waals surface area contributed by atoms with Crippen molar-refractivity contribution in [3.63, 3.8) is 0 Å². The van der Waals surface area contributed by atoms with Crippen molar-refractivity contribution in [1.29, 1.82) is 0 Å². The third kappa shape index (κ3) is 3.38. The Bertz CT molecular complexity index is 590. The number of hydrogen-bond acceptors (Lipinski definition) is 2. The molecule has 1 N–H and O–H groups in total. The molecule has 2 rings (SSSR count). The summed E-state index contributed by atoms with van der Waals surface area (Å²) in [5.74, 6) is 1.74. The van der Waals surface area contributed by atoms with E-state index < -0.39 is 0 Å². The van der Waals surface area contributed by atoms with Crippen molar-refractivity contribution in [3.05, 3.63) is 58.5 Å². The number of carbonyl (C=O) groups is 1. The molecule has 0 saturated heterocycles. The summed E-state index contributed by atoms with van der Waals surface area (Å²) in [6.07, 6.45) is 0. The Morgan fingerprint density at radius 3 is 2.63 bits per heavy atom. The summed E-state index contributed by atoms with van der Waals surface area (Å²) in [6, 6.07) is 9.60. The predicted molar refractivity (Wildman–Crippen MR) is 75.4 cm³/mol. The Morgan fingerprint density at radius 1 is 1.26 bits per heavy atom. The average molecular weight is 278 g/mol. The second kappa shape index (κ2) is 5.93. The van der Waals surface area contributed by atoms with Crippen LogP contribution in [0.5, 0.6) is 0 Å². The quantitative estimate of drug-likeness (QED) is 0.868.